The van der Waals surface area contributed by atoms with Gasteiger partial charge in [-0.25, -0.2) is 13.2 Å². The van der Waals surface area contributed by atoms with E-state index in [-0.39, 0.29) is 10.5 Å². The van der Waals surface area contributed by atoms with E-state index in [1.165, 1.54) is 28.6 Å². The van der Waals surface area contributed by atoms with Crippen LogP contribution in [-0.2, 0) is 14.8 Å². The van der Waals surface area contributed by atoms with E-state index >= 15 is 0 Å². The molecule has 3 rings (SSSR count). The minimum Gasteiger partial charge on any atom is -0.322 e. The van der Waals surface area contributed by atoms with Gasteiger partial charge in [-0.3, -0.25) is 15.0 Å². The first-order chi connectivity index (χ1) is 13.7. The van der Waals surface area contributed by atoms with Gasteiger partial charge in [0, 0.05) is 18.7 Å². The Hall–Kier alpha value is -2.46. The third-order valence-corrected chi connectivity index (χ3v) is 7.41. The number of sulfonamides is 1. The van der Waals surface area contributed by atoms with Crippen molar-refractivity contribution in [1.29, 1.82) is 0 Å². The third-order valence-electron chi connectivity index (χ3n) is 5.50. The van der Waals surface area contributed by atoms with Gasteiger partial charge in [0.05, 0.1) is 4.90 Å². The molecule has 2 aliphatic heterocycles. The zero-order valence-corrected chi connectivity index (χ0v) is 17.4. The fourth-order valence-corrected chi connectivity index (χ4v) is 4.92. The largest absolute Gasteiger partial charge is 0.344 e. The van der Waals surface area contributed by atoms with E-state index in [0.717, 1.165) is 25.7 Å². The molecule has 2 N–H and O–H groups in total. The van der Waals surface area contributed by atoms with Crippen LogP contribution in [0.5, 0.6) is 0 Å². The van der Waals surface area contributed by atoms with E-state index < -0.39 is 33.4 Å². The number of benzene rings is 1. The van der Waals surface area contributed by atoms with E-state index in [4.69, 9.17) is 0 Å². The molecule has 1 aromatic carbocycles. The fourth-order valence-electron chi connectivity index (χ4n) is 3.40. The van der Waals surface area contributed by atoms with E-state index in [9.17, 15) is 22.8 Å². The first-order valence-corrected chi connectivity index (χ1v) is 11.2. The Labute approximate surface area is 170 Å². The highest BCUT2D eigenvalue weighted by atomic mass is 32.2. The number of rotatable bonds is 5. The second kappa shape index (κ2) is 8.11. The second-order valence-electron chi connectivity index (χ2n) is 7.54. The van der Waals surface area contributed by atoms with Gasteiger partial charge >= 0.3 is 6.03 Å². The molecule has 0 aromatic heterocycles. The summed E-state index contributed by atoms with van der Waals surface area (Å²) in [5.74, 6) is -1.22. The van der Waals surface area contributed by atoms with Gasteiger partial charge in [-0.1, -0.05) is 19.8 Å². The maximum atomic E-state index is 12.8. The van der Waals surface area contributed by atoms with Crippen LogP contribution in [0, 0.1) is 0 Å². The van der Waals surface area contributed by atoms with Crippen LogP contribution in [0.15, 0.2) is 29.2 Å². The highest BCUT2D eigenvalue weighted by molar-refractivity contribution is 7.89. The first-order valence-electron chi connectivity index (χ1n) is 9.77. The first kappa shape index (κ1) is 21.3. The predicted octanol–water partition coefficient (Wildman–Crippen LogP) is 1.62. The summed E-state index contributed by atoms with van der Waals surface area (Å²) in [6.45, 7) is 4.33. The van der Waals surface area contributed by atoms with Gasteiger partial charge in [-0.2, -0.15) is 9.31 Å². The number of urea groups is 1. The Bertz CT molecular complexity index is 907. The molecule has 0 radical (unpaired) electrons. The Balaban J connectivity index is 1.72. The van der Waals surface area contributed by atoms with Crippen LogP contribution >= 0.6 is 0 Å². The minimum absolute atomic E-state index is 0.115. The van der Waals surface area contributed by atoms with Crippen LogP contribution in [0.1, 0.15) is 56.3 Å². The number of imide groups is 1. The third kappa shape index (κ3) is 4.13. The van der Waals surface area contributed by atoms with Crippen LogP contribution in [0.3, 0.4) is 0 Å². The smallest absolute Gasteiger partial charge is 0.322 e. The van der Waals surface area contributed by atoms with Gasteiger partial charge in [-0.05, 0) is 50.5 Å². The molecule has 1 atom stereocenters. The molecular formula is C19H26N4O5S. The fraction of sp³-hybridized carbons (Fsp3) is 0.526. The zero-order valence-electron chi connectivity index (χ0n) is 16.6. The molecule has 2 saturated heterocycles. The van der Waals surface area contributed by atoms with E-state index in [1.54, 1.807) is 13.8 Å². The molecule has 4 amide bonds. The molecule has 2 aliphatic rings. The van der Waals surface area contributed by atoms with Gasteiger partial charge in [-0.15, -0.1) is 0 Å². The van der Waals surface area contributed by atoms with E-state index in [2.05, 4.69) is 10.7 Å². The van der Waals surface area contributed by atoms with Crippen LogP contribution in [-0.4, -0.2) is 54.2 Å². The van der Waals surface area contributed by atoms with Crippen LogP contribution < -0.4 is 10.7 Å². The summed E-state index contributed by atoms with van der Waals surface area (Å²) in [5.41, 5.74) is 1.37. The van der Waals surface area contributed by atoms with Crippen molar-refractivity contribution in [2.24, 2.45) is 0 Å². The quantitative estimate of drug-likeness (QED) is 0.700. The van der Waals surface area contributed by atoms with Gasteiger partial charge in [0.15, 0.2) is 0 Å². The van der Waals surface area contributed by atoms with Crippen molar-refractivity contribution < 1.29 is 22.8 Å². The van der Waals surface area contributed by atoms with Crippen molar-refractivity contribution in [2.75, 3.05) is 13.1 Å². The standard InChI is InChI=1S/C19H26N4O5S/c1-3-19(2)17(25)23(18(26)20-19)21-16(24)14-8-10-15(11-9-14)29(27,28)22-12-6-4-5-7-13-22/h8-11H,3-7,12-13H2,1-2H3,(H,20,26)(H,21,24)/t19-/m1/s1. The van der Waals surface area contributed by atoms with Crippen molar-refractivity contribution in [1.82, 2.24) is 20.1 Å². The Morgan fingerprint density at radius 2 is 1.69 bits per heavy atom. The second-order valence-corrected chi connectivity index (χ2v) is 9.48. The molecule has 0 unspecified atom stereocenters. The maximum Gasteiger partial charge on any atom is 0.344 e. The normalized spacial score (nSPS) is 23.6. The number of carbonyl (C=O) groups excluding carboxylic acids is 3. The number of hydrogen-bond donors (Lipinski definition) is 2. The van der Waals surface area contributed by atoms with Crippen molar-refractivity contribution in [3.63, 3.8) is 0 Å². The average molecular weight is 423 g/mol. The molecule has 10 heteroatoms. The molecule has 158 valence electrons. The molecule has 1 aromatic rings. The molecule has 0 saturated carbocycles. The predicted molar refractivity (Wildman–Crippen MR) is 105 cm³/mol. The van der Waals surface area contributed by atoms with E-state index in [0.29, 0.717) is 24.5 Å². The summed E-state index contributed by atoms with van der Waals surface area (Å²) in [4.78, 5) is 36.9. The minimum atomic E-state index is -3.61. The average Bonchev–Trinajstić information content (AvgIpc) is 2.92. The summed E-state index contributed by atoms with van der Waals surface area (Å²) in [6.07, 6.45) is 4.09. The van der Waals surface area contributed by atoms with Gasteiger partial charge in [0.25, 0.3) is 11.8 Å². The number of nitrogens with zero attached hydrogens (tertiary/aromatic N) is 2. The van der Waals surface area contributed by atoms with Crippen molar-refractivity contribution in [3.05, 3.63) is 29.8 Å². The number of amides is 4. The van der Waals surface area contributed by atoms with Gasteiger partial charge in [0.2, 0.25) is 10.0 Å². The zero-order chi connectivity index (χ0) is 21.2. The lowest BCUT2D eigenvalue weighted by molar-refractivity contribution is -0.132. The van der Waals surface area contributed by atoms with Crippen LogP contribution in [0.25, 0.3) is 0 Å². The topological polar surface area (TPSA) is 116 Å². The Morgan fingerprint density at radius 1 is 1.10 bits per heavy atom. The highest BCUT2D eigenvalue weighted by Gasteiger charge is 2.47. The molecule has 9 nitrogen and oxygen atoms in total. The monoisotopic (exact) mass is 422 g/mol. The summed E-state index contributed by atoms with van der Waals surface area (Å²) >= 11 is 0. The molecular weight excluding hydrogens is 396 g/mol. The lowest BCUT2D eigenvalue weighted by Crippen LogP contribution is -2.48. The molecule has 29 heavy (non-hydrogen) atoms. The lowest BCUT2D eigenvalue weighted by atomic mass is 10.00. The number of nitrogens with one attached hydrogen (secondary N) is 2. The number of hydrogen-bond acceptors (Lipinski definition) is 5. The Kier molecular flexibility index (Phi) is 5.95. The number of carbonyl (C=O) groups is 3. The molecule has 0 bridgehead atoms. The lowest BCUT2D eigenvalue weighted by Gasteiger charge is -2.20. The summed E-state index contributed by atoms with van der Waals surface area (Å²) in [7, 11) is -3.61. The molecule has 2 heterocycles. The van der Waals surface area contributed by atoms with Crippen LogP contribution in [0.4, 0.5) is 4.79 Å². The highest BCUT2D eigenvalue weighted by Crippen LogP contribution is 2.22. The van der Waals surface area contributed by atoms with Crippen molar-refractivity contribution in [3.8, 4) is 0 Å². The van der Waals surface area contributed by atoms with Crippen molar-refractivity contribution >= 4 is 27.9 Å². The summed E-state index contributed by atoms with van der Waals surface area (Å²) in [6, 6.07) is 4.79. The Morgan fingerprint density at radius 3 is 2.21 bits per heavy atom. The van der Waals surface area contributed by atoms with Gasteiger partial charge < -0.3 is 5.32 Å². The molecule has 0 spiro atoms. The maximum absolute atomic E-state index is 12.8. The SMILES string of the molecule is CC[C@@]1(C)NC(=O)N(NC(=O)c2ccc(S(=O)(=O)N3CCCCCC3)cc2)C1=O. The van der Waals surface area contributed by atoms with Gasteiger partial charge in [0.1, 0.15) is 5.54 Å². The molecule has 2 fully saturated rings. The number of hydrazine groups is 1. The van der Waals surface area contributed by atoms with E-state index in [1.807, 2.05) is 0 Å². The summed E-state index contributed by atoms with van der Waals surface area (Å²) < 4.78 is 27.1. The molecule has 0 aliphatic carbocycles. The van der Waals surface area contributed by atoms with Crippen LogP contribution in [0.2, 0.25) is 0 Å². The summed E-state index contributed by atoms with van der Waals surface area (Å²) in [5, 5.41) is 3.21. The van der Waals surface area contributed by atoms with Crippen molar-refractivity contribution in [2.45, 2.75) is 56.4 Å².